The predicted octanol–water partition coefficient (Wildman–Crippen LogP) is 4.50. The van der Waals surface area contributed by atoms with Crippen LogP contribution >= 0.6 is 0 Å². The van der Waals surface area contributed by atoms with Gasteiger partial charge in [0.2, 0.25) is 0 Å². The van der Waals surface area contributed by atoms with Gasteiger partial charge in [-0.3, -0.25) is 14.7 Å². The number of ether oxygens (including phenoxy) is 1. The molecular weight excluding hydrogens is 497 g/mol. The summed E-state index contributed by atoms with van der Waals surface area (Å²) in [7, 11) is 1.62. The molecule has 8 nitrogen and oxygen atoms in total. The van der Waals surface area contributed by atoms with Gasteiger partial charge in [0.25, 0.3) is 11.5 Å². The van der Waals surface area contributed by atoms with Crippen LogP contribution in [0.3, 0.4) is 0 Å². The predicted molar refractivity (Wildman–Crippen MR) is 146 cm³/mol. The summed E-state index contributed by atoms with van der Waals surface area (Å²) in [5, 5.41) is 3.16. The molecule has 0 saturated heterocycles. The van der Waals surface area contributed by atoms with Crippen molar-refractivity contribution in [1.29, 1.82) is 0 Å². The fraction of sp³-hybridized carbons (Fsp3) is 0.233. The number of nitrogens with zero attached hydrogens (tertiary/aromatic N) is 4. The number of carbonyl (C=O) groups is 1. The first-order chi connectivity index (χ1) is 18.8. The number of carbonyl (C=O) groups excluding carboxylic acids is 1. The number of hydrogen-bond donors (Lipinski definition) is 1. The van der Waals surface area contributed by atoms with Crippen molar-refractivity contribution < 1.29 is 13.9 Å². The normalized spacial score (nSPS) is 13.1. The van der Waals surface area contributed by atoms with E-state index >= 15 is 0 Å². The van der Waals surface area contributed by atoms with E-state index < -0.39 is 0 Å². The number of aromatic nitrogens is 4. The van der Waals surface area contributed by atoms with E-state index in [4.69, 9.17) is 9.72 Å². The molecule has 1 N–H and O–H groups in total. The Bertz CT molecular complexity index is 1760. The number of methoxy groups -OCH3 is 1. The largest absolute Gasteiger partial charge is 0.497 e. The molecule has 0 unspecified atom stereocenters. The maximum atomic E-state index is 13.6. The van der Waals surface area contributed by atoms with Gasteiger partial charge in [0.15, 0.2) is 5.65 Å². The number of amides is 1. The van der Waals surface area contributed by atoms with Crippen LogP contribution in [0.5, 0.6) is 5.75 Å². The average Bonchev–Trinajstić information content (AvgIpc) is 3.50. The number of hydrogen-bond acceptors (Lipinski definition) is 4. The quantitative estimate of drug-likeness (QED) is 0.366. The molecule has 0 radical (unpaired) electrons. The number of aryl methyl sites for hydroxylation is 1. The molecule has 0 atom stereocenters. The van der Waals surface area contributed by atoms with Crippen molar-refractivity contribution in [3.05, 3.63) is 111 Å². The molecule has 0 spiro atoms. The zero-order valence-corrected chi connectivity index (χ0v) is 22.0. The summed E-state index contributed by atoms with van der Waals surface area (Å²) in [5.41, 5.74) is 6.62. The van der Waals surface area contributed by atoms with Crippen molar-refractivity contribution in [3.8, 4) is 17.0 Å². The Morgan fingerprint density at radius 2 is 1.82 bits per heavy atom. The van der Waals surface area contributed by atoms with E-state index in [1.807, 2.05) is 50.2 Å². The molecule has 1 aliphatic rings. The summed E-state index contributed by atoms with van der Waals surface area (Å²) in [5.74, 6) is 0.357. The van der Waals surface area contributed by atoms with E-state index in [-0.39, 0.29) is 23.8 Å². The van der Waals surface area contributed by atoms with Crippen molar-refractivity contribution in [2.45, 2.75) is 33.4 Å². The summed E-state index contributed by atoms with van der Waals surface area (Å²) in [6.07, 6.45) is 0.504. The number of nitrogens with one attached hydrogen (secondary N) is 1. The van der Waals surface area contributed by atoms with Crippen LogP contribution in [0.2, 0.25) is 0 Å². The van der Waals surface area contributed by atoms with Crippen LogP contribution < -0.4 is 10.3 Å². The molecule has 0 fully saturated rings. The first-order valence-electron chi connectivity index (χ1n) is 12.8. The second-order valence-corrected chi connectivity index (χ2v) is 9.91. The van der Waals surface area contributed by atoms with Gasteiger partial charge in [-0.05, 0) is 67.4 Å². The Balaban J connectivity index is 1.27. The van der Waals surface area contributed by atoms with E-state index in [2.05, 4.69) is 9.67 Å². The molecule has 39 heavy (non-hydrogen) atoms. The zero-order chi connectivity index (χ0) is 27.3. The van der Waals surface area contributed by atoms with Crippen LogP contribution in [0.1, 0.15) is 38.6 Å². The van der Waals surface area contributed by atoms with Crippen molar-refractivity contribution in [1.82, 2.24) is 24.1 Å². The average molecular weight is 526 g/mol. The summed E-state index contributed by atoms with van der Waals surface area (Å²) in [4.78, 5) is 33.6. The Kier molecular flexibility index (Phi) is 6.06. The lowest BCUT2D eigenvalue weighted by Gasteiger charge is -2.27. The second kappa shape index (κ2) is 9.58. The third kappa shape index (κ3) is 4.39. The molecule has 2 aromatic carbocycles. The van der Waals surface area contributed by atoms with Gasteiger partial charge in [0.1, 0.15) is 11.6 Å². The number of rotatable bonds is 5. The number of benzene rings is 2. The van der Waals surface area contributed by atoms with Gasteiger partial charge in [-0.15, -0.1) is 0 Å². The highest BCUT2D eigenvalue weighted by Crippen LogP contribution is 2.25. The molecule has 4 heterocycles. The lowest BCUT2D eigenvalue weighted by Crippen LogP contribution is -2.40. The molecule has 0 bridgehead atoms. The Hall–Kier alpha value is -4.66. The van der Waals surface area contributed by atoms with Gasteiger partial charge in [0.05, 0.1) is 36.2 Å². The maximum absolute atomic E-state index is 13.6. The van der Waals surface area contributed by atoms with E-state index in [9.17, 15) is 14.0 Å². The second-order valence-electron chi connectivity index (χ2n) is 9.91. The first-order valence-corrected chi connectivity index (χ1v) is 12.8. The van der Waals surface area contributed by atoms with Gasteiger partial charge < -0.3 is 14.2 Å². The van der Waals surface area contributed by atoms with Crippen LogP contribution in [0.4, 0.5) is 4.39 Å². The van der Waals surface area contributed by atoms with Crippen LogP contribution in [0.15, 0.2) is 65.5 Å². The van der Waals surface area contributed by atoms with Gasteiger partial charge >= 0.3 is 0 Å². The van der Waals surface area contributed by atoms with E-state index in [0.29, 0.717) is 36.3 Å². The highest BCUT2D eigenvalue weighted by Gasteiger charge is 2.28. The lowest BCUT2D eigenvalue weighted by molar-refractivity contribution is 0.0731. The smallest absolute Gasteiger partial charge is 0.277 e. The molecule has 6 rings (SSSR count). The van der Waals surface area contributed by atoms with Gasteiger partial charge in [0, 0.05) is 37.0 Å². The van der Waals surface area contributed by atoms with Crippen LogP contribution in [-0.2, 0) is 19.5 Å². The topological polar surface area (TPSA) is 84.6 Å². The summed E-state index contributed by atoms with van der Waals surface area (Å²) >= 11 is 0. The van der Waals surface area contributed by atoms with Crippen molar-refractivity contribution in [2.24, 2.45) is 0 Å². The third-order valence-electron chi connectivity index (χ3n) is 7.51. The Morgan fingerprint density at radius 1 is 1.08 bits per heavy atom. The number of halogens is 1. The van der Waals surface area contributed by atoms with Crippen LogP contribution in [-0.4, -0.2) is 43.6 Å². The van der Waals surface area contributed by atoms with Crippen molar-refractivity contribution in [2.75, 3.05) is 13.7 Å². The summed E-state index contributed by atoms with van der Waals surface area (Å²) < 4.78 is 22.1. The molecule has 0 saturated carbocycles. The Morgan fingerprint density at radius 3 is 2.54 bits per heavy atom. The van der Waals surface area contributed by atoms with Crippen molar-refractivity contribution >= 4 is 11.6 Å². The third-order valence-corrected chi connectivity index (χ3v) is 7.51. The van der Waals surface area contributed by atoms with E-state index in [1.54, 1.807) is 24.1 Å². The monoisotopic (exact) mass is 525 g/mol. The highest BCUT2D eigenvalue weighted by atomic mass is 19.1. The summed E-state index contributed by atoms with van der Waals surface area (Å²) in [6, 6.07) is 17.7. The molecule has 1 aliphatic heterocycles. The van der Waals surface area contributed by atoms with Crippen LogP contribution in [0, 0.1) is 19.7 Å². The van der Waals surface area contributed by atoms with Gasteiger partial charge in [-0.2, -0.15) is 0 Å². The molecule has 9 heteroatoms. The molecule has 198 valence electrons. The number of aromatic amines is 1. The zero-order valence-electron chi connectivity index (χ0n) is 22.0. The minimum absolute atomic E-state index is 0.117. The molecular formula is C30H28FN5O3. The SMILES string of the molecule is COc1ccc(-c2cc3nc4c(c(=O)n3[nH]2)CN(C(=O)c2cc(C)n(Cc3ccc(F)cc3)c2C)CC4)cc1. The van der Waals surface area contributed by atoms with Crippen molar-refractivity contribution in [3.63, 3.8) is 0 Å². The fourth-order valence-electron chi connectivity index (χ4n) is 5.28. The van der Waals surface area contributed by atoms with Gasteiger partial charge in [-0.25, -0.2) is 13.9 Å². The molecule has 0 aliphatic carbocycles. The molecule has 3 aromatic heterocycles. The lowest BCUT2D eigenvalue weighted by atomic mass is 10.1. The first kappa shape index (κ1) is 24.7. The Labute approximate surface area is 224 Å². The number of H-pyrrole nitrogens is 1. The molecule has 5 aromatic rings. The van der Waals surface area contributed by atoms with Crippen LogP contribution in [0.25, 0.3) is 16.9 Å². The van der Waals surface area contributed by atoms with Gasteiger partial charge in [-0.1, -0.05) is 12.1 Å². The minimum Gasteiger partial charge on any atom is -0.497 e. The van der Waals surface area contributed by atoms with E-state index in [0.717, 1.165) is 39.7 Å². The highest BCUT2D eigenvalue weighted by molar-refractivity contribution is 5.96. The minimum atomic E-state index is -0.278. The number of fused-ring (bicyclic) bond motifs is 2. The standard InChI is InChI=1S/C30H28FN5O3/c1-18-14-24(19(2)35(18)16-20-4-8-22(31)9-5-20)29(37)34-13-12-26-25(17-34)30(38)36-28(32-26)15-27(33-36)21-6-10-23(39-3)11-7-21/h4-11,14-15,33H,12-13,16-17H2,1-3H3. The van der Waals surface area contributed by atoms with E-state index in [1.165, 1.54) is 16.6 Å². The molecule has 1 amide bonds. The summed E-state index contributed by atoms with van der Waals surface area (Å²) in [6.45, 7) is 5.09. The maximum Gasteiger partial charge on any atom is 0.277 e. The fourth-order valence-corrected chi connectivity index (χ4v) is 5.28.